The smallest absolute Gasteiger partial charge is 0.249 e. The number of amides is 1. The van der Waals surface area contributed by atoms with Crippen molar-refractivity contribution in [3.8, 4) is 17.2 Å². The zero-order valence-electron chi connectivity index (χ0n) is 17.5. The van der Waals surface area contributed by atoms with Crippen molar-refractivity contribution >= 4 is 17.5 Å². The summed E-state index contributed by atoms with van der Waals surface area (Å²) >= 11 is 6.20. The van der Waals surface area contributed by atoms with E-state index in [0.29, 0.717) is 41.8 Å². The van der Waals surface area contributed by atoms with Gasteiger partial charge in [0.2, 0.25) is 17.7 Å². The number of nitrogens with zero attached hydrogens (tertiary/aromatic N) is 3. The molecule has 6 nitrogen and oxygen atoms in total. The number of aryl methyl sites for hydroxylation is 1. The second kappa shape index (κ2) is 10.3. The van der Waals surface area contributed by atoms with Crippen LogP contribution in [0.3, 0.4) is 0 Å². The van der Waals surface area contributed by atoms with E-state index in [2.05, 4.69) is 10.2 Å². The number of carbonyl (C=O) groups is 1. The van der Waals surface area contributed by atoms with Crippen molar-refractivity contribution in [2.24, 2.45) is 0 Å². The minimum atomic E-state index is 0.00505. The Hall–Kier alpha value is -2.86. The SMILES string of the molecule is Cc1ccccc1OCCCC(=O)N(Cc1nnc(-c2ccccc2Cl)o1)C(C)C. The van der Waals surface area contributed by atoms with E-state index in [1.54, 1.807) is 11.0 Å². The van der Waals surface area contributed by atoms with Gasteiger partial charge in [-0.1, -0.05) is 41.9 Å². The summed E-state index contributed by atoms with van der Waals surface area (Å²) in [7, 11) is 0. The lowest BCUT2D eigenvalue weighted by molar-refractivity contribution is -0.134. The summed E-state index contributed by atoms with van der Waals surface area (Å²) in [6.07, 6.45) is 1.01. The first-order valence-corrected chi connectivity index (χ1v) is 10.4. The maximum Gasteiger partial charge on any atom is 0.249 e. The third kappa shape index (κ3) is 5.60. The fourth-order valence-electron chi connectivity index (χ4n) is 3.03. The number of hydrogen-bond donors (Lipinski definition) is 0. The van der Waals surface area contributed by atoms with Crippen molar-refractivity contribution in [2.75, 3.05) is 6.61 Å². The van der Waals surface area contributed by atoms with E-state index in [1.807, 2.05) is 63.2 Å². The lowest BCUT2D eigenvalue weighted by Crippen LogP contribution is -2.36. The topological polar surface area (TPSA) is 68.5 Å². The molecule has 7 heteroatoms. The summed E-state index contributed by atoms with van der Waals surface area (Å²) in [5, 5.41) is 8.71. The lowest BCUT2D eigenvalue weighted by atomic mass is 10.2. The maximum atomic E-state index is 12.8. The minimum absolute atomic E-state index is 0.00505. The monoisotopic (exact) mass is 427 g/mol. The number of para-hydroxylation sites is 1. The van der Waals surface area contributed by atoms with Crippen molar-refractivity contribution in [3.63, 3.8) is 0 Å². The van der Waals surface area contributed by atoms with Crippen LogP contribution in [0.15, 0.2) is 52.9 Å². The van der Waals surface area contributed by atoms with Gasteiger partial charge in [0.05, 0.1) is 23.7 Å². The summed E-state index contributed by atoms with van der Waals surface area (Å²) in [6, 6.07) is 15.1. The van der Waals surface area contributed by atoms with Crippen LogP contribution in [0.2, 0.25) is 5.02 Å². The van der Waals surface area contributed by atoms with Crippen LogP contribution in [0.25, 0.3) is 11.5 Å². The minimum Gasteiger partial charge on any atom is -0.493 e. The lowest BCUT2D eigenvalue weighted by Gasteiger charge is -2.25. The van der Waals surface area contributed by atoms with E-state index in [0.717, 1.165) is 11.3 Å². The quantitative estimate of drug-likeness (QED) is 0.434. The standard InChI is InChI=1S/C23H26ClN3O3/c1-16(2)27(22(28)13-8-14-29-20-12-7-4-9-17(20)3)15-21-25-26-23(30-21)18-10-5-6-11-19(18)24/h4-7,9-12,16H,8,13-15H2,1-3H3. The number of rotatable bonds is 9. The maximum absolute atomic E-state index is 12.8. The molecule has 2 aromatic carbocycles. The molecule has 0 atom stereocenters. The molecular weight excluding hydrogens is 402 g/mol. The average molecular weight is 428 g/mol. The van der Waals surface area contributed by atoms with Gasteiger partial charge in [-0.25, -0.2) is 0 Å². The van der Waals surface area contributed by atoms with Crippen LogP contribution in [0, 0.1) is 6.92 Å². The summed E-state index contributed by atoms with van der Waals surface area (Å²) < 4.78 is 11.5. The van der Waals surface area contributed by atoms with Crippen LogP contribution in [0.1, 0.15) is 38.1 Å². The first-order valence-electron chi connectivity index (χ1n) is 10.0. The molecule has 0 N–H and O–H groups in total. The van der Waals surface area contributed by atoms with E-state index in [4.69, 9.17) is 20.8 Å². The Morgan fingerprint density at radius 3 is 2.60 bits per heavy atom. The van der Waals surface area contributed by atoms with E-state index in [1.165, 1.54) is 0 Å². The zero-order chi connectivity index (χ0) is 21.5. The molecule has 0 saturated heterocycles. The second-order valence-corrected chi connectivity index (χ2v) is 7.72. The molecule has 0 bridgehead atoms. The van der Waals surface area contributed by atoms with Gasteiger partial charge < -0.3 is 14.1 Å². The predicted octanol–water partition coefficient (Wildman–Crippen LogP) is 5.29. The van der Waals surface area contributed by atoms with Gasteiger partial charge in [0.1, 0.15) is 5.75 Å². The normalized spacial score (nSPS) is 11.0. The number of hydrogen-bond acceptors (Lipinski definition) is 5. The Morgan fingerprint density at radius 2 is 1.87 bits per heavy atom. The molecular formula is C23H26ClN3O3. The average Bonchev–Trinajstić information content (AvgIpc) is 3.19. The van der Waals surface area contributed by atoms with Gasteiger partial charge in [-0.05, 0) is 51.0 Å². The zero-order valence-corrected chi connectivity index (χ0v) is 18.2. The van der Waals surface area contributed by atoms with Gasteiger partial charge in [0.15, 0.2) is 0 Å². The largest absolute Gasteiger partial charge is 0.493 e. The predicted molar refractivity (Wildman–Crippen MR) is 116 cm³/mol. The van der Waals surface area contributed by atoms with Crippen LogP contribution < -0.4 is 4.74 Å². The molecule has 3 rings (SSSR count). The molecule has 0 aliphatic rings. The second-order valence-electron chi connectivity index (χ2n) is 7.31. The number of ether oxygens (including phenoxy) is 1. The number of benzene rings is 2. The van der Waals surface area contributed by atoms with Gasteiger partial charge in [-0.2, -0.15) is 0 Å². The highest BCUT2D eigenvalue weighted by atomic mass is 35.5. The first kappa shape index (κ1) is 21.8. The Balaban J connectivity index is 1.56. The molecule has 1 amide bonds. The van der Waals surface area contributed by atoms with Crippen molar-refractivity contribution < 1.29 is 13.9 Å². The fourth-order valence-corrected chi connectivity index (χ4v) is 3.25. The molecule has 158 valence electrons. The molecule has 1 heterocycles. The van der Waals surface area contributed by atoms with Gasteiger partial charge in [0, 0.05) is 12.5 Å². The van der Waals surface area contributed by atoms with E-state index in [9.17, 15) is 4.79 Å². The van der Waals surface area contributed by atoms with Gasteiger partial charge >= 0.3 is 0 Å². The number of carbonyl (C=O) groups excluding carboxylic acids is 1. The molecule has 0 aliphatic carbocycles. The highest BCUT2D eigenvalue weighted by Crippen LogP contribution is 2.26. The molecule has 1 aromatic heterocycles. The molecule has 0 unspecified atom stereocenters. The summed E-state index contributed by atoms with van der Waals surface area (Å²) in [5.41, 5.74) is 1.76. The van der Waals surface area contributed by atoms with Crippen LogP contribution in [-0.2, 0) is 11.3 Å². The molecule has 0 aliphatic heterocycles. The summed E-state index contributed by atoms with van der Waals surface area (Å²) in [4.78, 5) is 14.5. The third-order valence-corrected chi connectivity index (χ3v) is 5.04. The highest BCUT2D eigenvalue weighted by Gasteiger charge is 2.21. The third-order valence-electron chi connectivity index (χ3n) is 4.71. The molecule has 0 spiro atoms. The van der Waals surface area contributed by atoms with Crippen LogP contribution >= 0.6 is 11.6 Å². The van der Waals surface area contributed by atoms with Crippen LogP contribution in [-0.4, -0.2) is 33.7 Å². The van der Waals surface area contributed by atoms with E-state index < -0.39 is 0 Å². The highest BCUT2D eigenvalue weighted by molar-refractivity contribution is 6.33. The Labute approximate surface area is 181 Å². The molecule has 0 fully saturated rings. The Morgan fingerprint density at radius 1 is 1.13 bits per heavy atom. The van der Waals surface area contributed by atoms with Crippen molar-refractivity contribution in [1.82, 2.24) is 15.1 Å². The van der Waals surface area contributed by atoms with Crippen LogP contribution in [0.4, 0.5) is 0 Å². The van der Waals surface area contributed by atoms with Gasteiger partial charge in [-0.15, -0.1) is 10.2 Å². The number of aromatic nitrogens is 2. The molecule has 3 aromatic rings. The Kier molecular flexibility index (Phi) is 7.46. The molecule has 30 heavy (non-hydrogen) atoms. The summed E-state index contributed by atoms with van der Waals surface area (Å²) in [6.45, 7) is 6.68. The molecule has 0 saturated carbocycles. The van der Waals surface area contributed by atoms with Crippen molar-refractivity contribution in [1.29, 1.82) is 0 Å². The number of halogens is 1. The van der Waals surface area contributed by atoms with Gasteiger partial charge in [-0.3, -0.25) is 4.79 Å². The van der Waals surface area contributed by atoms with Crippen molar-refractivity contribution in [3.05, 3.63) is 65.0 Å². The summed E-state index contributed by atoms with van der Waals surface area (Å²) in [5.74, 6) is 1.60. The van der Waals surface area contributed by atoms with E-state index in [-0.39, 0.29) is 18.5 Å². The molecule has 0 radical (unpaired) electrons. The fraction of sp³-hybridized carbons (Fsp3) is 0.348. The van der Waals surface area contributed by atoms with Crippen molar-refractivity contribution in [2.45, 2.75) is 46.2 Å². The van der Waals surface area contributed by atoms with E-state index >= 15 is 0 Å². The van der Waals surface area contributed by atoms with Crippen LogP contribution in [0.5, 0.6) is 5.75 Å². The van der Waals surface area contributed by atoms with Gasteiger partial charge in [0.25, 0.3) is 0 Å². The first-order chi connectivity index (χ1) is 14.5. The Bertz CT molecular complexity index is 987.